The van der Waals surface area contributed by atoms with Crippen molar-refractivity contribution in [3.63, 3.8) is 0 Å². The van der Waals surface area contributed by atoms with E-state index in [2.05, 4.69) is 16.1 Å². The Balaban J connectivity index is 1.78. The van der Waals surface area contributed by atoms with Crippen molar-refractivity contribution in [2.75, 3.05) is 19.6 Å². The minimum absolute atomic E-state index is 0.703. The van der Waals surface area contributed by atoms with E-state index in [4.69, 9.17) is 6.42 Å². The second-order valence-electron chi connectivity index (χ2n) is 4.16. The van der Waals surface area contributed by atoms with Gasteiger partial charge in [-0.2, -0.15) is 0 Å². The fourth-order valence-electron chi connectivity index (χ4n) is 2.10. The van der Waals surface area contributed by atoms with Crippen molar-refractivity contribution in [3.8, 4) is 12.3 Å². The highest BCUT2D eigenvalue weighted by molar-refractivity contribution is 4.96. The van der Waals surface area contributed by atoms with Crippen LogP contribution < -0.4 is 5.32 Å². The molecule has 13 heavy (non-hydrogen) atoms. The smallest absolute Gasteiger partial charge is 0.0601 e. The van der Waals surface area contributed by atoms with E-state index in [0.29, 0.717) is 6.04 Å². The maximum Gasteiger partial charge on any atom is 0.0601 e. The van der Waals surface area contributed by atoms with Gasteiger partial charge < -0.3 is 5.32 Å². The maximum atomic E-state index is 5.36. The standard InChI is InChI=1S/C11H18N2/c1-2-8-13(11-5-6-11)9-10-4-3-7-12-10/h1,10-12H,3-9H2. The van der Waals surface area contributed by atoms with E-state index in [0.717, 1.165) is 19.1 Å². The average Bonchev–Trinajstić information content (AvgIpc) is 2.85. The summed E-state index contributed by atoms with van der Waals surface area (Å²) in [7, 11) is 0. The molecular weight excluding hydrogens is 160 g/mol. The molecule has 2 rings (SSSR count). The lowest BCUT2D eigenvalue weighted by Gasteiger charge is -2.23. The Morgan fingerprint density at radius 3 is 2.77 bits per heavy atom. The Bertz CT molecular complexity index is 197. The summed E-state index contributed by atoms with van der Waals surface area (Å²) in [4.78, 5) is 2.46. The summed E-state index contributed by atoms with van der Waals surface area (Å²) in [6, 6.07) is 1.51. The average molecular weight is 178 g/mol. The van der Waals surface area contributed by atoms with Crippen LogP contribution in [0.1, 0.15) is 25.7 Å². The van der Waals surface area contributed by atoms with Crippen molar-refractivity contribution in [1.82, 2.24) is 10.2 Å². The summed E-state index contributed by atoms with van der Waals surface area (Å²) < 4.78 is 0. The molecule has 72 valence electrons. The van der Waals surface area contributed by atoms with Gasteiger partial charge >= 0.3 is 0 Å². The molecule has 1 heterocycles. The molecule has 2 fully saturated rings. The van der Waals surface area contributed by atoms with Gasteiger partial charge in [0.05, 0.1) is 6.54 Å². The van der Waals surface area contributed by atoms with Gasteiger partial charge in [0.1, 0.15) is 0 Å². The molecule has 1 saturated heterocycles. The molecule has 1 N–H and O–H groups in total. The van der Waals surface area contributed by atoms with E-state index >= 15 is 0 Å². The fourth-order valence-corrected chi connectivity index (χ4v) is 2.10. The molecular formula is C11H18N2. The number of terminal acetylenes is 1. The van der Waals surface area contributed by atoms with Gasteiger partial charge in [0, 0.05) is 18.6 Å². The fraction of sp³-hybridized carbons (Fsp3) is 0.818. The first kappa shape index (κ1) is 9.05. The van der Waals surface area contributed by atoms with Crippen molar-refractivity contribution >= 4 is 0 Å². The first-order chi connectivity index (χ1) is 6.40. The highest BCUT2D eigenvalue weighted by atomic mass is 15.2. The number of nitrogens with one attached hydrogen (secondary N) is 1. The van der Waals surface area contributed by atoms with Crippen LogP contribution in [-0.2, 0) is 0 Å². The second-order valence-corrected chi connectivity index (χ2v) is 4.16. The summed E-state index contributed by atoms with van der Waals surface area (Å²) in [6.07, 6.45) is 10.7. The molecule has 0 radical (unpaired) electrons. The third-order valence-electron chi connectivity index (χ3n) is 2.97. The molecule has 1 aliphatic heterocycles. The van der Waals surface area contributed by atoms with Gasteiger partial charge in [-0.25, -0.2) is 0 Å². The molecule has 2 aliphatic rings. The molecule has 1 aliphatic carbocycles. The third kappa shape index (κ3) is 2.46. The molecule has 0 amide bonds. The van der Waals surface area contributed by atoms with E-state index in [1.807, 2.05) is 0 Å². The quantitative estimate of drug-likeness (QED) is 0.642. The molecule has 2 nitrogen and oxygen atoms in total. The molecule has 0 spiro atoms. The van der Waals surface area contributed by atoms with Crippen LogP contribution in [-0.4, -0.2) is 36.6 Å². The molecule has 1 atom stereocenters. The molecule has 2 heteroatoms. The van der Waals surface area contributed by atoms with Crippen LogP contribution in [0.15, 0.2) is 0 Å². The highest BCUT2D eigenvalue weighted by Gasteiger charge is 2.30. The van der Waals surface area contributed by atoms with E-state index < -0.39 is 0 Å². The van der Waals surface area contributed by atoms with Gasteiger partial charge in [0.25, 0.3) is 0 Å². The summed E-state index contributed by atoms with van der Waals surface area (Å²) in [5.74, 6) is 2.76. The number of nitrogens with zero attached hydrogens (tertiary/aromatic N) is 1. The summed E-state index contributed by atoms with van der Waals surface area (Å²) >= 11 is 0. The first-order valence-corrected chi connectivity index (χ1v) is 5.31. The predicted molar refractivity (Wildman–Crippen MR) is 54.5 cm³/mol. The van der Waals surface area contributed by atoms with Crippen LogP contribution in [0.3, 0.4) is 0 Å². The van der Waals surface area contributed by atoms with E-state index in [1.54, 1.807) is 0 Å². The van der Waals surface area contributed by atoms with E-state index in [1.165, 1.54) is 32.2 Å². The van der Waals surface area contributed by atoms with Gasteiger partial charge in [-0.3, -0.25) is 4.90 Å². The lowest BCUT2D eigenvalue weighted by Crippen LogP contribution is -2.38. The Labute approximate surface area is 80.7 Å². The number of rotatable bonds is 4. The lowest BCUT2D eigenvalue weighted by atomic mass is 10.2. The Kier molecular flexibility index (Phi) is 2.87. The zero-order valence-electron chi connectivity index (χ0n) is 8.13. The van der Waals surface area contributed by atoms with Gasteiger partial charge in [0.2, 0.25) is 0 Å². The molecule has 1 unspecified atom stereocenters. The molecule has 0 aromatic rings. The summed E-state index contributed by atoms with van der Waals surface area (Å²) in [5.41, 5.74) is 0. The van der Waals surface area contributed by atoms with Crippen LogP contribution >= 0.6 is 0 Å². The molecule has 1 saturated carbocycles. The minimum atomic E-state index is 0.703. The topological polar surface area (TPSA) is 15.3 Å². The van der Waals surface area contributed by atoms with Gasteiger partial charge in [-0.1, -0.05) is 5.92 Å². The maximum absolute atomic E-state index is 5.36. The molecule has 0 bridgehead atoms. The van der Waals surface area contributed by atoms with Crippen LogP contribution in [0.2, 0.25) is 0 Å². The molecule has 0 aromatic heterocycles. The molecule has 0 aromatic carbocycles. The third-order valence-corrected chi connectivity index (χ3v) is 2.97. The number of hydrogen-bond donors (Lipinski definition) is 1. The SMILES string of the molecule is C#CCN(CC1CCCN1)C1CC1. The van der Waals surface area contributed by atoms with E-state index in [9.17, 15) is 0 Å². The van der Waals surface area contributed by atoms with Gasteiger partial charge in [-0.05, 0) is 32.2 Å². The first-order valence-electron chi connectivity index (χ1n) is 5.31. The van der Waals surface area contributed by atoms with Crippen LogP contribution in [0.4, 0.5) is 0 Å². The highest BCUT2D eigenvalue weighted by Crippen LogP contribution is 2.27. The zero-order valence-corrected chi connectivity index (χ0v) is 8.13. The van der Waals surface area contributed by atoms with Crippen molar-refractivity contribution in [1.29, 1.82) is 0 Å². The van der Waals surface area contributed by atoms with Gasteiger partial charge in [0.15, 0.2) is 0 Å². The van der Waals surface area contributed by atoms with Crippen molar-refractivity contribution in [2.45, 2.75) is 37.8 Å². The lowest BCUT2D eigenvalue weighted by molar-refractivity contribution is 0.268. The van der Waals surface area contributed by atoms with Crippen molar-refractivity contribution in [3.05, 3.63) is 0 Å². The van der Waals surface area contributed by atoms with Gasteiger partial charge in [-0.15, -0.1) is 6.42 Å². The summed E-state index contributed by atoms with van der Waals surface area (Å²) in [5, 5.41) is 3.52. The Morgan fingerprint density at radius 1 is 1.38 bits per heavy atom. The van der Waals surface area contributed by atoms with Crippen LogP contribution in [0.25, 0.3) is 0 Å². The zero-order chi connectivity index (χ0) is 9.10. The Hall–Kier alpha value is -0.520. The minimum Gasteiger partial charge on any atom is -0.313 e. The predicted octanol–water partition coefficient (Wildman–Crippen LogP) is 0.836. The second kappa shape index (κ2) is 4.13. The van der Waals surface area contributed by atoms with E-state index in [-0.39, 0.29) is 0 Å². The van der Waals surface area contributed by atoms with Crippen molar-refractivity contribution in [2.24, 2.45) is 0 Å². The summed E-state index contributed by atoms with van der Waals surface area (Å²) in [6.45, 7) is 3.19. The van der Waals surface area contributed by atoms with Crippen molar-refractivity contribution < 1.29 is 0 Å². The Morgan fingerprint density at radius 2 is 2.23 bits per heavy atom. The van der Waals surface area contributed by atoms with Crippen LogP contribution in [0.5, 0.6) is 0 Å². The monoisotopic (exact) mass is 178 g/mol. The largest absolute Gasteiger partial charge is 0.313 e. The number of hydrogen-bond acceptors (Lipinski definition) is 2. The van der Waals surface area contributed by atoms with Crippen LogP contribution in [0, 0.1) is 12.3 Å². The normalized spacial score (nSPS) is 27.8.